The monoisotopic (exact) mass is 385 g/mol. The summed E-state index contributed by atoms with van der Waals surface area (Å²) >= 11 is 0. The average Bonchev–Trinajstić information content (AvgIpc) is 3.00. The largest absolute Gasteiger partial charge is 0.433 e. The van der Waals surface area contributed by atoms with E-state index in [0.717, 1.165) is 42.5 Å². The zero-order chi connectivity index (χ0) is 19.1. The fourth-order valence-corrected chi connectivity index (χ4v) is 2.83. The van der Waals surface area contributed by atoms with Gasteiger partial charge in [-0.2, -0.15) is 18.3 Å². The van der Waals surface area contributed by atoms with Gasteiger partial charge in [0.15, 0.2) is 0 Å². The number of alkyl halides is 3. The number of hydrogen-bond donors (Lipinski definition) is 1. The standard InChI is InChI=1S/C16H11F4N3O2S/c17-11-3-1-10(2-4-11)14-9-15(16(18,19)20)23(22-14)12-5-7-13(8-6-12)26(21,24)25/h1-9H,(H2,21,24,25). The predicted molar refractivity (Wildman–Crippen MR) is 85.3 cm³/mol. The summed E-state index contributed by atoms with van der Waals surface area (Å²) < 4.78 is 76.3. The van der Waals surface area contributed by atoms with Crippen molar-refractivity contribution in [3.63, 3.8) is 0 Å². The van der Waals surface area contributed by atoms with E-state index in [2.05, 4.69) is 5.10 Å². The summed E-state index contributed by atoms with van der Waals surface area (Å²) in [4.78, 5) is -0.235. The Labute approximate surface area is 145 Å². The Morgan fingerprint density at radius 1 is 0.962 bits per heavy atom. The van der Waals surface area contributed by atoms with Crippen molar-refractivity contribution in [1.29, 1.82) is 0 Å². The van der Waals surface area contributed by atoms with Gasteiger partial charge < -0.3 is 0 Å². The molecule has 0 radical (unpaired) electrons. The second kappa shape index (κ2) is 6.22. The molecule has 26 heavy (non-hydrogen) atoms. The molecule has 10 heteroatoms. The van der Waals surface area contributed by atoms with Crippen LogP contribution < -0.4 is 5.14 Å². The molecule has 3 rings (SSSR count). The minimum atomic E-state index is -4.70. The summed E-state index contributed by atoms with van der Waals surface area (Å²) in [7, 11) is -3.97. The smallest absolute Gasteiger partial charge is 0.228 e. The lowest BCUT2D eigenvalue weighted by Gasteiger charge is -2.10. The van der Waals surface area contributed by atoms with Gasteiger partial charge in [0.1, 0.15) is 11.5 Å². The first kappa shape index (κ1) is 18.1. The van der Waals surface area contributed by atoms with E-state index in [4.69, 9.17) is 5.14 Å². The maximum absolute atomic E-state index is 13.4. The first-order valence-corrected chi connectivity index (χ1v) is 8.67. The molecule has 0 amide bonds. The van der Waals surface area contributed by atoms with Gasteiger partial charge in [-0.15, -0.1) is 0 Å². The quantitative estimate of drug-likeness (QED) is 0.703. The second-order valence-electron chi connectivity index (χ2n) is 5.37. The Hall–Kier alpha value is -2.72. The number of primary sulfonamides is 1. The minimum Gasteiger partial charge on any atom is -0.228 e. The van der Waals surface area contributed by atoms with Gasteiger partial charge in [-0.1, -0.05) is 0 Å². The summed E-state index contributed by atoms with van der Waals surface area (Å²) in [5.74, 6) is -0.525. The van der Waals surface area contributed by atoms with E-state index in [1.165, 1.54) is 12.1 Å². The molecule has 0 unspecified atom stereocenters. The molecule has 1 aromatic heterocycles. The van der Waals surface area contributed by atoms with E-state index in [-0.39, 0.29) is 16.3 Å². The van der Waals surface area contributed by atoms with Crippen LogP contribution in [0.4, 0.5) is 17.6 Å². The second-order valence-corrected chi connectivity index (χ2v) is 6.93. The highest BCUT2D eigenvalue weighted by Crippen LogP contribution is 2.34. The van der Waals surface area contributed by atoms with Gasteiger partial charge >= 0.3 is 6.18 Å². The van der Waals surface area contributed by atoms with E-state index >= 15 is 0 Å². The van der Waals surface area contributed by atoms with Crippen molar-refractivity contribution in [2.24, 2.45) is 5.14 Å². The van der Waals surface area contributed by atoms with E-state index in [1.54, 1.807) is 0 Å². The molecule has 5 nitrogen and oxygen atoms in total. The lowest BCUT2D eigenvalue weighted by atomic mass is 10.1. The first-order chi connectivity index (χ1) is 12.1. The fraction of sp³-hybridized carbons (Fsp3) is 0.0625. The molecule has 0 saturated carbocycles. The van der Waals surface area contributed by atoms with Crippen molar-refractivity contribution in [2.45, 2.75) is 11.1 Å². The number of sulfonamides is 1. The van der Waals surface area contributed by atoms with Crippen LogP contribution in [0.5, 0.6) is 0 Å². The zero-order valence-electron chi connectivity index (χ0n) is 12.9. The van der Waals surface area contributed by atoms with Gasteiger partial charge in [-0.25, -0.2) is 22.6 Å². The van der Waals surface area contributed by atoms with Crippen LogP contribution in [0.3, 0.4) is 0 Å². The average molecular weight is 385 g/mol. The number of aromatic nitrogens is 2. The first-order valence-electron chi connectivity index (χ1n) is 7.12. The van der Waals surface area contributed by atoms with Gasteiger partial charge in [0, 0.05) is 5.56 Å². The zero-order valence-corrected chi connectivity index (χ0v) is 13.7. The third-order valence-corrected chi connectivity index (χ3v) is 4.48. The van der Waals surface area contributed by atoms with Gasteiger partial charge in [0.05, 0.1) is 16.3 Å². The highest BCUT2D eigenvalue weighted by Gasteiger charge is 2.36. The number of halogens is 4. The van der Waals surface area contributed by atoms with Crippen molar-refractivity contribution < 1.29 is 26.0 Å². The summed E-state index contributed by atoms with van der Waals surface area (Å²) in [6, 6.07) is 10.2. The lowest BCUT2D eigenvalue weighted by molar-refractivity contribution is -0.142. The van der Waals surface area contributed by atoms with Crippen LogP contribution in [0, 0.1) is 5.82 Å². The van der Waals surface area contributed by atoms with Crippen LogP contribution in [0.15, 0.2) is 59.5 Å². The maximum Gasteiger partial charge on any atom is 0.433 e. The normalized spacial score (nSPS) is 12.3. The molecule has 2 N–H and O–H groups in total. The Kier molecular flexibility index (Phi) is 4.32. The Balaban J connectivity index is 2.12. The highest BCUT2D eigenvalue weighted by atomic mass is 32.2. The van der Waals surface area contributed by atoms with Crippen LogP contribution >= 0.6 is 0 Å². The van der Waals surface area contributed by atoms with Gasteiger partial charge in [-0.05, 0) is 54.6 Å². The van der Waals surface area contributed by atoms with Gasteiger partial charge in [0.25, 0.3) is 0 Å². The fourth-order valence-electron chi connectivity index (χ4n) is 2.32. The molecule has 3 aromatic rings. The number of benzene rings is 2. The summed E-state index contributed by atoms with van der Waals surface area (Å²) in [5.41, 5.74) is -0.761. The molecule has 0 aliphatic rings. The topological polar surface area (TPSA) is 78.0 Å². The molecular weight excluding hydrogens is 374 g/mol. The summed E-state index contributed by atoms with van der Waals surface area (Å²) in [5, 5.41) is 8.91. The van der Waals surface area contributed by atoms with Crippen molar-refractivity contribution in [2.75, 3.05) is 0 Å². The van der Waals surface area contributed by atoms with E-state index in [0.29, 0.717) is 10.2 Å². The van der Waals surface area contributed by atoms with Crippen LogP contribution in [-0.4, -0.2) is 18.2 Å². The molecule has 0 saturated heterocycles. The van der Waals surface area contributed by atoms with Crippen LogP contribution in [-0.2, 0) is 16.2 Å². The molecule has 0 fully saturated rings. The number of hydrogen-bond acceptors (Lipinski definition) is 3. The maximum atomic E-state index is 13.4. The molecule has 0 bridgehead atoms. The Morgan fingerprint density at radius 2 is 1.54 bits per heavy atom. The Morgan fingerprint density at radius 3 is 2.04 bits per heavy atom. The van der Waals surface area contributed by atoms with Gasteiger partial charge in [0.2, 0.25) is 10.0 Å². The van der Waals surface area contributed by atoms with Gasteiger partial charge in [-0.3, -0.25) is 0 Å². The van der Waals surface area contributed by atoms with Crippen molar-refractivity contribution in [3.8, 4) is 16.9 Å². The number of nitrogens with zero attached hydrogens (tertiary/aromatic N) is 2. The molecular formula is C16H11F4N3O2S. The van der Waals surface area contributed by atoms with Crippen molar-refractivity contribution in [1.82, 2.24) is 9.78 Å². The summed E-state index contributed by atoms with van der Waals surface area (Å²) in [6.45, 7) is 0. The molecule has 136 valence electrons. The third-order valence-electron chi connectivity index (χ3n) is 3.55. The molecule has 0 aliphatic carbocycles. The minimum absolute atomic E-state index is 0.00177. The van der Waals surface area contributed by atoms with Crippen LogP contribution in [0.2, 0.25) is 0 Å². The third kappa shape index (κ3) is 3.60. The van der Waals surface area contributed by atoms with Crippen LogP contribution in [0.1, 0.15) is 5.69 Å². The van der Waals surface area contributed by atoms with Crippen LogP contribution in [0.25, 0.3) is 16.9 Å². The van der Waals surface area contributed by atoms with E-state index in [1.807, 2.05) is 0 Å². The molecule has 1 heterocycles. The molecule has 0 spiro atoms. The highest BCUT2D eigenvalue weighted by molar-refractivity contribution is 7.89. The molecule has 0 aliphatic heterocycles. The van der Waals surface area contributed by atoms with E-state index in [9.17, 15) is 26.0 Å². The Bertz CT molecular complexity index is 1040. The van der Waals surface area contributed by atoms with E-state index < -0.39 is 27.7 Å². The van der Waals surface area contributed by atoms with Crippen molar-refractivity contribution >= 4 is 10.0 Å². The number of nitrogens with two attached hydrogens (primary N) is 1. The molecule has 2 aromatic carbocycles. The van der Waals surface area contributed by atoms with Crippen molar-refractivity contribution in [3.05, 3.63) is 66.1 Å². The number of rotatable bonds is 3. The summed E-state index contributed by atoms with van der Waals surface area (Å²) in [6.07, 6.45) is -4.70. The SMILES string of the molecule is NS(=O)(=O)c1ccc(-n2nc(-c3ccc(F)cc3)cc2C(F)(F)F)cc1. The molecule has 0 atom stereocenters. The lowest BCUT2D eigenvalue weighted by Crippen LogP contribution is -2.14. The predicted octanol–water partition coefficient (Wildman–Crippen LogP) is 3.34.